The maximum atomic E-state index is 12.7. The van der Waals surface area contributed by atoms with Crippen molar-refractivity contribution in [2.24, 2.45) is 0 Å². The van der Waals surface area contributed by atoms with Gasteiger partial charge in [0, 0.05) is 32.4 Å². The first kappa shape index (κ1) is 16.7. The number of nitrogens with zero attached hydrogens (tertiary/aromatic N) is 4. The van der Waals surface area contributed by atoms with Crippen LogP contribution in [0.25, 0.3) is 0 Å². The molecule has 2 heterocycles. The number of piperazine rings is 1. The van der Waals surface area contributed by atoms with E-state index in [1.165, 1.54) is 10.4 Å². The van der Waals surface area contributed by atoms with Crippen molar-refractivity contribution in [3.63, 3.8) is 0 Å². The molecule has 1 fully saturated rings. The van der Waals surface area contributed by atoms with E-state index in [1.807, 2.05) is 4.90 Å². The number of anilines is 1. The lowest BCUT2D eigenvalue weighted by molar-refractivity contribution is 0.384. The summed E-state index contributed by atoms with van der Waals surface area (Å²) in [5, 5.41) is 9.39. The van der Waals surface area contributed by atoms with Gasteiger partial charge in [-0.1, -0.05) is 23.7 Å². The van der Waals surface area contributed by atoms with Gasteiger partial charge in [-0.2, -0.15) is 9.57 Å². The Labute approximate surface area is 146 Å². The highest BCUT2D eigenvalue weighted by atomic mass is 35.5. The molecular weight excluding hydrogens is 348 g/mol. The van der Waals surface area contributed by atoms with Gasteiger partial charge >= 0.3 is 0 Å². The van der Waals surface area contributed by atoms with Crippen LogP contribution in [-0.2, 0) is 10.0 Å². The standard InChI is InChI=1S/C16H15ClN4O2S/c17-14-5-1-2-6-15(14)24(22,23)21-10-8-20(9-11-21)16-13(12-18)4-3-7-19-16/h1-7H,8-11H2. The topological polar surface area (TPSA) is 77.3 Å². The number of sulfonamides is 1. The fourth-order valence-corrected chi connectivity index (χ4v) is 4.58. The second kappa shape index (κ2) is 6.77. The van der Waals surface area contributed by atoms with Gasteiger partial charge in [-0.15, -0.1) is 0 Å². The van der Waals surface area contributed by atoms with Gasteiger partial charge in [-0.3, -0.25) is 0 Å². The quantitative estimate of drug-likeness (QED) is 0.835. The normalized spacial score (nSPS) is 15.9. The number of aromatic nitrogens is 1. The molecular formula is C16H15ClN4O2S. The summed E-state index contributed by atoms with van der Waals surface area (Å²) in [6.45, 7) is 1.56. The van der Waals surface area contributed by atoms with Crippen molar-refractivity contribution in [3.05, 3.63) is 53.2 Å². The molecule has 0 spiro atoms. The fraction of sp³-hybridized carbons (Fsp3) is 0.250. The van der Waals surface area contributed by atoms with Gasteiger partial charge in [-0.05, 0) is 24.3 Å². The Morgan fingerprint density at radius 3 is 2.46 bits per heavy atom. The average molecular weight is 363 g/mol. The van der Waals surface area contributed by atoms with Crippen molar-refractivity contribution < 1.29 is 8.42 Å². The van der Waals surface area contributed by atoms with Gasteiger partial charge in [0.25, 0.3) is 0 Å². The van der Waals surface area contributed by atoms with Crippen LogP contribution in [0, 0.1) is 11.3 Å². The van der Waals surface area contributed by atoms with E-state index in [1.54, 1.807) is 36.5 Å². The lowest BCUT2D eigenvalue weighted by Gasteiger charge is -2.35. The van der Waals surface area contributed by atoms with Gasteiger partial charge < -0.3 is 4.90 Å². The van der Waals surface area contributed by atoms with E-state index in [9.17, 15) is 13.7 Å². The van der Waals surface area contributed by atoms with Crippen molar-refractivity contribution in [2.75, 3.05) is 31.1 Å². The number of pyridine rings is 1. The van der Waals surface area contributed by atoms with E-state index < -0.39 is 10.0 Å². The summed E-state index contributed by atoms with van der Waals surface area (Å²) in [6, 6.07) is 12.0. The molecule has 0 bridgehead atoms. The number of hydrogen-bond donors (Lipinski definition) is 0. The van der Waals surface area contributed by atoms with Crippen LogP contribution in [0.2, 0.25) is 5.02 Å². The van der Waals surface area contributed by atoms with Crippen molar-refractivity contribution >= 4 is 27.4 Å². The van der Waals surface area contributed by atoms with E-state index in [0.717, 1.165) is 0 Å². The van der Waals surface area contributed by atoms with Gasteiger partial charge in [0.2, 0.25) is 10.0 Å². The number of hydrogen-bond acceptors (Lipinski definition) is 5. The van der Waals surface area contributed by atoms with Gasteiger partial charge in [0.1, 0.15) is 16.8 Å². The molecule has 0 amide bonds. The SMILES string of the molecule is N#Cc1cccnc1N1CCN(S(=O)(=O)c2ccccc2Cl)CC1. The Morgan fingerprint density at radius 2 is 1.79 bits per heavy atom. The Kier molecular flexibility index (Phi) is 4.71. The highest BCUT2D eigenvalue weighted by Gasteiger charge is 2.30. The molecule has 1 saturated heterocycles. The largest absolute Gasteiger partial charge is 0.353 e. The lowest BCUT2D eigenvalue weighted by Crippen LogP contribution is -2.49. The van der Waals surface area contributed by atoms with E-state index in [4.69, 9.17) is 11.6 Å². The molecule has 0 radical (unpaired) electrons. The Balaban J connectivity index is 1.78. The molecule has 6 nitrogen and oxygen atoms in total. The molecule has 0 aliphatic carbocycles. The summed E-state index contributed by atoms with van der Waals surface area (Å²) in [6.07, 6.45) is 1.63. The van der Waals surface area contributed by atoms with Crippen LogP contribution in [0.5, 0.6) is 0 Å². The second-order valence-corrected chi connectivity index (χ2v) is 7.62. The summed E-state index contributed by atoms with van der Waals surface area (Å²) in [5.74, 6) is 0.592. The third kappa shape index (κ3) is 3.08. The number of benzene rings is 1. The van der Waals surface area contributed by atoms with Crippen molar-refractivity contribution in [1.29, 1.82) is 5.26 Å². The van der Waals surface area contributed by atoms with E-state index >= 15 is 0 Å². The molecule has 0 N–H and O–H groups in total. The zero-order chi connectivity index (χ0) is 17.2. The highest BCUT2D eigenvalue weighted by Crippen LogP contribution is 2.26. The van der Waals surface area contributed by atoms with Gasteiger partial charge in [0.05, 0.1) is 10.6 Å². The summed E-state index contributed by atoms with van der Waals surface area (Å²) in [7, 11) is -3.62. The van der Waals surface area contributed by atoms with Crippen LogP contribution in [-0.4, -0.2) is 43.9 Å². The van der Waals surface area contributed by atoms with Gasteiger partial charge in [0.15, 0.2) is 0 Å². The Hall–Kier alpha value is -2.14. The molecule has 0 atom stereocenters. The maximum Gasteiger partial charge on any atom is 0.244 e. The zero-order valence-electron chi connectivity index (χ0n) is 12.8. The third-order valence-corrected chi connectivity index (χ3v) is 6.30. The molecule has 0 saturated carbocycles. The minimum absolute atomic E-state index is 0.121. The summed E-state index contributed by atoms with van der Waals surface area (Å²) < 4.78 is 26.9. The Bertz CT molecular complexity index is 887. The van der Waals surface area contributed by atoms with E-state index in [-0.39, 0.29) is 9.92 Å². The molecule has 24 heavy (non-hydrogen) atoms. The first-order valence-corrected chi connectivity index (χ1v) is 9.20. The molecule has 0 unspecified atom stereocenters. The smallest absolute Gasteiger partial charge is 0.244 e. The lowest BCUT2D eigenvalue weighted by atomic mass is 10.2. The first-order valence-electron chi connectivity index (χ1n) is 7.39. The predicted octanol–water partition coefficient (Wildman–Crippen LogP) is 2.12. The molecule has 8 heteroatoms. The number of nitriles is 1. The first-order chi connectivity index (χ1) is 11.5. The monoisotopic (exact) mass is 362 g/mol. The maximum absolute atomic E-state index is 12.7. The Morgan fingerprint density at radius 1 is 1.08 bits per heavy atom. The van der Waals surface area contributed by atoms with Crippen LogP contribution in [0.1, 0.15) is 5.56 Å². The highest BCUT2D eigenvalue weighted by molar-refractivity contribution is 7.89. The van der Waals surface area contributed by atoms with Crippen LogP contribution < -0.4 is 4.90 Å². The number of halogens is 1. The zero-order valence-corrected chi connectivity index (χ0v) is 14.3. The van der Waals surface area contributed by atoms with Crippen molar-refractivity contribution in [2.45, 2.75) is 4.90 Å². The molecule has 1 aromatic carbocycles. The number of rotatable bonds is 3. The average Bonchev–Trinajstić information content (AvgIpc) is 2.62. The fourth-order valence-electron chi connectivity index (χ4n) is 2.67. The molecule has 3 rings (SSSR count). The molecule has 1 aliphatic rings. The molecule has 1 aliphatic heterocycles. The minimum Gasteiger partial charge on any atom is -0.353 e. The van der Waals surface area contributed by atoms with Crippen LogP contribution in [0.3, 0.4) is 0 Å². The van der Waals surface area contributed by atoms with Gasteiger partial charge in [-0.25, -0.2) is 13.4 Å². The molecule has 1 aromatic heterocycles. The van der Waals surface area contributed by atoms with Crippen LogP contribution >= 0.6 is 11.6 Å². The summed E-state index contributed by atoms with van der Waals surface area (Å²) in [5.41, 5.74) is 0.486. The summed E-state index contributed by atoms with van der Waals surface area (Å²) >= 11 is 6.03. The molecule has 2 aromatic rings. The van der Waals surface area contributed by atoms with Crippen molar-refractivity contribution in [1.82, 2.24) is 9.29 Å². The van der Waals surface area contributed by atoms with E-state index in [2.05, 4.69) is 11.1 Å². The van der Waals surface area contributed by atoms with Crippen LogP contribution in [0.4, 0.5) is 5.82 Å². The predicted molar refractivity (Wildman–Crippen MR) is 91.4 cm³/mol. The van der Waals surface area contributed by atoms with Crippen molar-refractivity contribution in [3.8, 4) is 6.07 Å². The molecule has 124 valence electrons. The minimum atomic E-state index is -3.62. The second-order valence-electron chi connectivity index (χ2n) is 5.31. The third-order valence-electron chi connectivity index (χ3n) is 3.90. The van der Waals surface area contributed by atoms with Crippen LogP contribution in [0.15, 0.2) is 47.5 Å². The van der Waals surface area contributed by atoms with E-state index in [0.29, 0.717) is 37.6 Å². The summed E-state index contributed by atoms with van der Waals surface area (Å²) in [4.78, 5) is 6.30.